The number of carbonyl (C=O) groups is 1. The van der Waals surface area contributed by atoms with Gasteiger partial charge >= 0.3 is 0 Å². The Morgan fingerprint density at radius 2 is 2.44 bits per heavy atom. The number of ether oxygens (including phenoxy) is 1. The highest BCUT2D eigenvalue weighted by molar-refractivity contribution is 8.00. The zero-order valence-electron chi connectivity index (χ0n) is 10.4. The van der Waals surface area contributed by atoms with Crippen LogP contribution in [0.5, 0.6) is 5.75 Å². The zero-order valence-corrected chi connectivity index (χ0v) is 11.3. The summed E-state index contributed by atoms with van der Waals surface area (Å²) < 4.78 is 5.10. The average Bonchev–Trinajstić information content (AvgIpc) is 2.89. The summed E-state index contributed by atoms with van der Waals surface area (Å²) in [5, 5.41) is 3.48. The fourth-order valence-corrected chi connectivity index (χ4v) is 3.23. The topological polar surface area (TPSA) is 64.3 Å². The van der Waals surface area contributed by atoms with Gasteiger partial charge < -0.3 is 15.8 Å². The Labute approximate surface area is 111 Å². The number of methoxy groups -OCH3 is 1. The summed E-state index contributed by atoms with van der Waals surface area (Å²) in [6.45, 7) is 0.708. The zero-order chi connectivity index (χ0) is 13.0. The second-order valence-corrected chi connectivity index (χ2v) is 5.67. The minimum atomic E-state index is -0.126. The lowest BCUT2D eigenvalue weighted by atomic mass is 10.1. The molecule has 5 heteroatoms. The van der Waals surface area contributed by atoms with E-state index in [1.54, 1.807) is 25.3 Å². The number of para-hydroxylation sites is 1. The Morgan fingerprint density at radius 3 is 3.11 bits per heavy atom. The molecular formula is C13H18N2O2S. The molecule has 1 heterocycles. The number of anilines is 1. The summed E-state index contributed by atoms with van der Waals surface area (Å²) in [6, 6.07) is 5.24. The van der Waals surface area contributed by atoms with E-state index in [1.165, 1.54) is 18.6 Å². The largest absolute Gasteiger partial charge is 0.495 e. The van der Waals surface area contributed by atoms with Gasteiger partial charge in [0.05, 0.1) is 18.4 Å². The van der Waals surface area contributed by atoms with Crippen molar-refractivity contribution in [2.75, 3.05) is 25.1 Å². The molecule has 1 aliphatic heterocycles. The van der Waals surface area contributed by atoms with E-state index in [-0.39, 0.29) is 5.91 Å². The van der Waals surface area contributed by atoms with Crippen LogP contribution in [0.2, 0.25) is 0 Å². The number of benzene rings is 1. The Hall–Kier alpha value is -1.36. The minimum Gasteiger partial charge on any atom is -0.495 e. The van der Waals surface area contributed by atoms with Gasteiger partial charge in [-0.15, -0.1) is 0 Å². The van der Waals surface area contributed by atoms with Crippen molar-refractivity contribution in [3.05, 3.63) is 23.8 Å². The van der Waals surface area contributed by atoms with Crippen LogP contribution < -0.4 is 15.8 Å². The molecule has 0 aliphatic carbocycles. The predicted octanol–water partition coefficient (Wildman–Crippen LogP) is 1.90. The molecule has 0 aromatic heterocycles. The molecule has 0 saturated carbocycles. The number of nitrogens with two attached hydrogens (primary N) is 1. The van der Waals surface area contributed by atoms with E-state index >= 15 is 0 Å². The van der Waals surface area contributed by atoms with E-state index in [9.17, 15) is 4.79 Å². The predicted molar refractivity (Wildman–Crippen MR) is 75.2 cm³/mol. The summed E-state index contributed by atoms with van der Waals surface area (Å²) in [5.74, 6) is 1.61. The molecule has 2 rings (SSSR count). The van der Waals surface area contributed by atoms with Crippen molar-refractivity contribution >= 4 is 23.4 Å². The highest BCUT2D eigenvalue weighted by Gasteiger charge is 2.18. The van der Waals surface area contributed by atoms with Crippen LogP contribution in [0.15, 0.2) is 18.2 Å². The van der Waals surface area contributed by atoms with Crippen molar-refractivity contribution in [1.29, 1.82) is 0 Å². The van der Waals surface area contributed by atoms with Gasteiger partial charge in [-0.1, -0.05) is 6.07 Å². The quantitative estimate of drug-likeness (QED) is 0.817. The van der Waals surface area contributed by atoms with Crippen molar-refractivity contribution in [2.24, 2.45) is 0 Å². The second kappa shape index (κ2) is 6.00. The van der Waals surface area contributed by atoms with E-state index in [0.717, 1.165) is 0 Å². The molecule has 0 bridgehead atoms. The molecule has 98 valence electrons. The lowest BCUT2D eigenvalue weighted by molar-refractivity contribution is 0.0954. The summed E-state index contributed by atoms with van der Waals surface area (Å²) >= 11 is 1.92. The van der Waals surface area contributed by atoms with Crippen molar-refractivity contribution < 1.29 is 9.53 Å². The smallest absolute Gasteiger partial charge is 0.253 e. The first-order valence-corrected chi connectivity index (χ1v) is 7.09. The van der Waals surface area contributed by atoms with Crippen LogP contribution in [0.3, 0.4) is 0 Å². The molecule has 3 N–H and O–H groups in total. The lowest BCUT2D eigenvalue weighted by Crippen LogP contribution is -2.30. The van der Waals surface area contributed by atoms with Crippen LogP contribution in [-0.2, 0) is 0 Å². The number of hydrogen-bond donors (Lipinski definition) is 2. The van der Waals surface area contributed by atoms with E-state index in [1.807, 2.05) is 11.8 Å². The summed E-state index contributed by atoms with van der Waals surface area (Å²) in [6.07, 6.45) is 2.42. The second-order valence-electron chi connectivity index (χ2n) is 4.27. The van der Waals surface area contributed by atoms with Crippen molar-refractivity contribution in [3.63, 3.8) is 0 Å². The number of nitrogen functional groups attached to an aromatic ring is 1. The molecule has 1 saturated heterocycles. The Kier molecular flexibility index (Phi) is 4.36. The van der Waals surface area contributed by atoms with Crippen molar-refractivity contribution in [1.82, 2.24) is 5.32 Å². The number of hydrogen-bond acceptors (Lipinski definition) is 4. The van der Waals surface area contributed by atoms with Crippen LogP contribution in [-0.4, -0.2) is 30.6 Å². The molecule has 1 amide bonds. The standard InChI is InChI=1S/C13H18N2O2S/c1-17-11-6-2-5-10(12(11)14)13(16)15-8-9-4-3-7-18-9/h2,5-6,9H,3-4,7-8,14H2,1H3,(H,15,16). The summed E-state index contributed by atoms with van der Waals surface area (Å²) in [4.78, 5) is 12.0. The van der Waals surface area contributed by atoms with Crippen LogP contribution in [0, 0.1) is 0 Å². The van der Waals surface area contributed by atoms with Crippen molar-refractivity contribution in [3.8, 4) is 5.75 Å². The molecule has 0 radical (unpaired) electrons. The van der Waals surface area contributed by atoms with E-state index in [0.29, 0.717) is 28.8 Å². The third kappa shape index (κ3) is 2.90. The van der Waals surface area contributed by atoms with Crippen molar-refractivity contribution in [2.45, 2.75) is 18.1 Å². The molecule has 18 heavy (non-hydrogen) atoms. The highest BCUT2D eigenvalue weighted by Crippen LogP contribution is 2.26. The number of thioether (sulfide) groups is 1. The van der Waals surface area contributed by atoms with Gasteiger partial charge in [-0.3, -0.25) is 4.79 Å². The molecule has 1 unspecified atom stereocenters. The van der Waals surface area contributed by atoms with E-state index < -0.39 is 0 Å². The Morgan fingerprint density at radius 1 is 1.61 bits per heavy atom. The number of nitrogens with one attached hydrogen (secondary N) is 1. The Bertz CT molecular complexity index is 431. The molecule has 1 aliphatic rings. The van der Waals surface area contributed by atoms with E-state index in [4.69, 9.17) is 10.5 Å². The number of rotatable bonds is 4. The maximum absolute atomic E-state index is 12.0. The fraction of sp³-hybridized carbons (Fsp3) is 0.462. The van der Waals surface area contributed by atoms with Gasteiger partial charge in [0.25, 0.3) is 5.91 Å². The van der Waals surface area contributed by atoms with Crippen LogP contribution in [0.4, 0.5) is 5.69 Å². The first-order chi connectivity index (χ1) is 8.72. The lowest BCUT2D eigenvalue weighted by Gasteiger charge is -2.12. The Balaban J connectivity index is 1.99. The SMILES string of the molecule is COc1cccc(C(=O)NCC2CCCS2)c1N. The normalized spacial score (nSPS) is 18.6. The molecule has 1 aromatic rings. The highest BCUT2D eigenvalue weighted by atomic mass is 32.2. The van der Waals surface area contributed by atoms with Crippen LogP contribution >= 0.6 is 11.8 Å². The number of amides is 1. The van der Waals surface area contributed by atoms with Gasteiger partial charge in [0.1, 0.15) is 5.75 Å². The maximum Gasteiger partial charge on any atom is 0.253 e. The molecular weight excluding hydrogens is 248 g/mol. The third-order valence-corrected chi connectivity index (χ3v) is 4.44. The van der Waals surface area contributed by atoms with Crippen LogP contribution in [0.25, 0.3) is 0 Å². The summed E-state index contributed by atoms with van der Waals surface area (Å²) in [7, 11) is 1.54. The van der Waals surface area contributed by atoms with Gasteiger partial charge in [0.2, 0.25) is 0 Å². The monoisotopic (exact) mass is 266 g/mol. The van der Waals surface area contributed by atoms with Gasteiger partial charge in [-0.05, 0) is 30.7 Å². The minimum absolute atomic E-state index is 0.126. The summed E-state index contributed by atoms with van der Waals surface area (Å²) in [5.41, 5.74) is 6.77. The third-order valence-electron chi connectivity index (χ3n) is 3.04. The van der Waals surface area contributed by atoms with E-state index in [2.05, 4.69) is 5.32 Å². The van der Waals surface area contributed by atoms with Gasteiger partial charge in [-0.25, -0.2) is 0 Å². The van der Waals surface area contributed by atoms with Gasteiger partial charge in [-0.2, -0.15) is 11.8 Å². The average molecular weight is 266 g/mol. The fourth-order valence-electron chi connectivity index (χ4n) is 2.03. The van der Waals surface area contributed by atoms with Gasteiger partial charge in [0, 0.05) is 11.8 Å². The molecule has 0 spiro atoms. The first kappa shape index (κ1) is 13.1. The molecule has 1 aromatic carbocycles. The molecule has 1 atom stereocenters. The number of carbonyl (C=O) groups excluding carboxylic acids is 1. The molecule has 1 fully saturated rings. The first-order valence-electron chi connectivity index (χ1n) is 6.04. The molecule has 4 nitrogen and oxygen atoms in total. The maximum atomic E-state index is 12.0. The van der Waals surface area contributed by atoms with Gasteiger partial charge in [0.15, 0.2) is 0 Å². The van der Waals surface area contributed by atoms with Crippen LogP contribution in [0.1, 0.15) is 23.2 Å².